The van der Waals surface area contributed by atoms with Gasteiger partial charge in [-0.2, -0.15) is 0 Å². The number of aromatic nitrogens is 1. The van der Waals surface area contributed by atoms with Gasteiger partial charge in [-0.1, -0.05) is 6.07 Å². The fourth-order valence-electron chi connectivity index (χ4n) is 2.32. The zero-order valence-corrected chi connectivity index (χ0v) is 10.8. The largest absolute Gasteiger partial charge is 0.477 e. The minimum atomic E-state index is -1.03. The second-order valence-corrected chi connectivity index (χ2v) is 5.94. The zero-order chi connectivity index (χ0) is 13.4. The van der Waals surface area contributed by atoms with Gasteiger partial charge in [0.1, 0.15) is 5.70 Å². The Bertz CT molecular complexity index is 558. The molecule has 0 aliphatic carbocycles. The van der Waals surface area contributed by atoms with Gasteiger partial charge in [-0.3, -0.25) is 14.7 Å². The Morgan fingerprint density at radius 3 is 3.05 bits per heavy atom. The van der Waals surface area contributed by atoms with E-state index in [4.69, 9.17) is 0 Å². The maximum absolute atomic E-state index is 11.4. The first-order valence-corrected chi connectivity index (χ1v) is 6.91. The van der Waals surface area contributed by atoms with Crippen molar-refractivity contribution in [2.24, 2.45) is 0 Å². The molecule has 19 heavy (non-hydrogen) atoms. The quantitative estimate of drug-likeness (QED) is 0.842. The van der Waals surface area contributed by atoms with E-state index in [1.807, 2.05) is 12.1 Å². The zero-order valence-electron chi connectivity index (χ0n) is 10.0. The van der Waals surface area contributed by atoms with Crippen LogP contribution in [0.25, 0.3) is 0 Å². The summed E-state index contributed by atoms with van der Waals surface area (Å²) >= 11 is 1.64. The van der Waals surface area contributed by atoms with E-state index in [-0.39, 0.29) is 22.2 Å². The number of hydrogen-bond acceptors (Lipinski definition) is 4. The van der Waals surface area contributed by atoms with E-state index in [1.165, 1.54) is 4.90 Å². The molecule has 0 spiro atoms. The van der Waals surface area contributed by atoms with E-state index in [2.05, 4.69) is 4.98 Å². The van der Waals surface area contributed by atoms with E-state index < -0.39 is 5.97 Å². The van der Waals surface area contributed by atoms with Crippen LogP contribution < -0.4 is 0 Å². The minimum absolute atomic E-state index is 0.0229. The van der Waals surface area contributed by atoms with Crippen LogP contribution in [0.1, 0.15) is 12.0 Å². The van der Waals surface area contributed by atoms with Gasteiger partial charge in [-0.05, 0) is 24.1 Å². The topological polar surface area (TPSA) is 70.5 Å². The maximum atomic E-state index is 11.4. The van der Waals surface area contributed by atoms with Crippen molar-refractivity contribution in [3.8, 4) is 0 Å². The Balaban J connectivity index is 1.82. The molecule has 98 valence electrons. The number of aliphatic carboxylic acids is 1. The summed E-state index contributed by atoms with van der Waals surface area (Å²) in [5.41, 5.74) is 1.19. The van der Waals surface area contributed by atoms with E-state index in [0.717, 1.165) is 12.0 Å². The molecule has 2 aliphatic heterocycles. The molecule has 1 amide bonds. The number of nitrogens with zero attached hydrogens (tertiary/aromatic N) is 2. The standard InChI is InChI=1S/C13H12N2O3S/c16-11-6-12-15(11)10(13(17)18)5-9(19-12)4-8-2-1-3-14-7-8/h1-3,5,7,9,12H,4,6H2,(H,17,18)/t9?,12-/m1/s1. The molecular weight excluding hydrogens is 264 g/mol. The molecule has 5 nitrogen and oxygen atoms in total. The Kier molecular flexibility index (Phi) is 3.02. The van der Waals surface area contributed by atoms with E-state index in [0.29, 0.717) is 6.42 Å². The van der Waals surface area contributed by atoms with Gasteiger partial charge in [0.05, 0.1) is 11.8 Å². The molecule has 3 heterocycles. The molecule has 1 aromatic rings. The lowest BCUT2D eigenvalue weighted by Gasteiger charge is -2.44. The molecule has 0 aromatic carbocycles. The first kappa shape index (κ1) is 12.2. The van der Waals surface area contributed by atoms with Crippen molar-refractivity contribution in [1.82, 2.24) is 9.88 Å². The van der Waals surface area contributed by atoms with Crippen molar-refractivity contribution in [3.05, 3.63) is 41.9 Å². The second kappa shape index (κ2) is 4.70. The lowest BCUT2D eigenvalue weighted by Crippen LogP contribution is -2.54. The summed E-state index contributed by atoms with van der Waals surface area (Å²) in [5, 5.41) is 9.23. The summed E-state index contributed by atoms with van der Waals surface area (Å²) in [7, 11) is 0. The number of carboxylic acid groups (broad SMARTS) is 1. The molecule has 1 aromatic heterocycles. The van der Waals surface area contributed by atoms with E-state index >= 15 is 0 Å². The third-order valence-electron chi connectivity index (χ3n) is 3.22. The highest BCUT2D eigenvalue weighted by Crippen LogP contribution is 2.41. The molecule has 6 heteroatoms. The monoisotopic (exact) mass is 276 g/mol. The first-order valence-electron chi connectivity index (χ1n) is 5.96. The molecule has 2 atom stereocenters. The Morgan fingerprint density at radius 1 is 1.58 bits per heavy atom. The van der Waals surface area contributed by atoms with Crippen LogP contribution >= 0.6 is 11.8 Å². The SMILES string of the molecule is O=C(O)C1=CC(Cc2cccnc2)S[C@@H]2CC(=O)N12. The predicted molar refractivity (Wildman–Crippen MR) is 70.3 cm³/mol. The smallest absolute Gasteiger partial charge is 0.352 e. The molecule has 0 saturated carbocycles. The number of carbonyl (C=O) groups excluding carboxylic acids is 1. The highest BCUT2D eigenvalue weighted by Gasteiger charge is 2.45. The number of thioether (sulfide) groups is 1. The molecule has 0 radical (unpaired) electrons. The highest BCUT2D eigenvalue weighted by atomic mass is 32.2. The van der Waals surface area contributed by atoms with Crippen molar-refractivity contribution in [3.63, 3.8) is 0 Å². The normalized spacial score (nSPS) is 25.4. The van der Waals surface area contributed by atoms with Crippen LogP contribution in [0.15, 0.2) is 36.3 Å². The average molecular weight is 276 g/mol. The van der Waals surface area contributed by atoms with Crippen molar-refractivity contribution in [2.75, 3.05) is 0 Å². The molecule has 0 bridgehead atoms. The molecule has 1 N–H and O–H groups in total. The number of rotatable bonds is 3. The first-order chi connectivity index (χ1) is 9.15. The lowest BCUT2D eigenvalue weighted by atomic mass is 10.1. The van der Waals surface area contributed by atoms with Crippen LogP contribution in [0.3, 0.4) is 0 Å². The van der Waals surface area contributed by atoms with Crippen molar-refractivity contribution in [1.29, 1.82) is 0 Å². The van der Waals surface area contributed by atoms with Gasteiger partial charge in [0.15, 0.2) is 0 Å². The van der Waals surface area contributed by atoms with Crippen LogP contribution in [-0.4, -0.2) is 37.5 Å². The summed E-state index contributed by atoms with van der Waals surface area (Å²) < 4.78 is 0. The lowest BCUT2D eigenvalue weighted by molar-refractivity contribution is -0.146. The number of carboxylic acids is 1. The number of hydrogen-bond donors (Lipinski definition) is 1. The molecule has 1 fully saturated rings. The summed E-state index contributed by atoms with van der Waals surface area (Å²) in [6, 6.07) is 3.84. The van der Waals surface area contributed by atoms with E-state index in [1.54, 1.807) is 30.2 Å². The number of pyridine rings is 1. The third-order valence-corrected chi connectivity index (χ3v) is 4.56. The highest BCUT2D eigenvalue weighted by molar-refractivity contribution is 8.00. The maximum Gasteiger partial charge on any atom is 0.352 e. The van der Waals surface area contributed by atoms with Gasteiger partial charge in [-0.25, -0.2) is 4.79 Å². The van der Waals surface area contributed by atoms with Crippen LogP contribution in [0, 0.1) is 0 Å². The van der Waals surface area contributed by atoms with Gasteiger partial charge in [0, 0.05) is 17.6 Å². The van der Waals surface area contributed by atoms with Gasteiger partial charge in [-0.15, -0.1) is 11.8 Å². The number of fused-ring (bicyclic) bond motifs is 1. The summed E-state index contributed by atoms with van der Waals surface area (Å²) in [6.07, 6.45) is 6.33. The fourth-order valence-corrected chi connectivity index (χ4v) is 3.81. The number of carbonyl (C=O) groups is 2. The number of β-lactam (4-membered cyclic amide) rings is 1. The Labute approximate surface area is 114 Å². The van der Waals surface area contributed by atoms with Gasteiger partial charge in [0.25, 0.3) is 0 Å². The summed E-state index contributed by atoms with van der Waals surface area (Å²) in [5.74, 6) is -1.14. The van der Waals surface area contributed by atoms with Crippen LogP contribution in [-0.2, 0) is 16.0 Å². The Morgan fingerprint density at radius 2 is 2.42 bits per heavy atom. The van der Waals surface area contributed by atoms with E-state index in [9.17, 15) is 14.7 Å². The second-order valence-electron chi connectivity index (χ2n) is 4.52. The van der Waals surface area contributed by atoms with Gasteiger partial charge in [0.2, 0.25) is 5.91 Å². The minimum Gasteiger partial charge on any atom is -0.477 e. The van der Waals surface area contributed by atoms with Crippen molar-refractivity contribution >= 4 is 23.6 Å². The number of amides is 1. The molecular formula is C13H12N2O3S. The Hall–Kier alpha value is -1.82. The summed E-state index contributed by atoms with van der Waals surface area (Å²) in [6.45, 7) is 0. The van der Waals surface area contributed by atoms with Gasteiger partial charge >= 0.3 is 5.97 Å². The molecule has 3 rings (SSSR count). The van der Waals surface area contributed by atoms with Crippen LogP contribution in [0.2, 0.25) is 0 Å². The fraction of sp³-hybridized carbons (Fsp3) is 0.308. The average Bonchev–Trinajstić information content (AvgIpc) is 2.38. The predicted octanol–water partition coefficient (Wildman–Crippen LogP) is 1.27. The van der Waals surface area contributed by atoms with Crippen molar-refractivity contribution < 1.29 is 14.7 Å². The molecule has 1 saturated heterocycles. The molecule has 1 unspecified atom stereocenters. The summed E-state index contributed by atoms with van der Waals surface area (Å²) in [4.78, 5) is 28.1. The van der Waals surface area contributed by atoms with Crippen LogP contribution in [0.4, 0.5) is 0 Å². The van der Waals surface area contributed by atoms with Crippen molar-refractivity contribution in [2.45, 2.75) is 23.5 Å². The molecule has 2 aliphatic rings. The van der Waals surface area contributed by atoms with Crippen LogP contribution in [0.5, 0.6) is 0 Å². The van der Waals surface area contributed by atoms with Gasteiger partial charge < -0.3 is 5.11 Å². The third kappa shape index (κ3) is 2.23.